The molecule has 27 heavy (non-hydrogen) atoms. The minimum absolute atomic E-state index is 0.0174. The van der Waals surface area contributed by atoms with Crippen molar-refractivity contribution < 1.29 is 14.3 Å². The van der Waals surface area contributed by atoms with Crippen molar-refractivity contribution in [2.24, 2.45) is 0 Å². The maximum atomic E-state index is 12.5. The van der Waals surface area contributed by atoms with Gasteiger partial charge in [-0.05, 0) is 49.0 Å². The van der Waals surface area contributed by atoms with E-state index in [0.29, 0.717) is 16.9 Å². The summed E-state index contributed by atoms with van der Waals surface area (Å²) in [5, 5.41) is 5.57. The number of nitrogens with zero attached hydrogens (tertiary/aromatic N) is 1. The lowest BCUT2D eigenvalue weighted by atomic mass is 10.1. The normalized spacial score (nSPS) is 10.7. The fourth-order valence-corrected chi connectivity index (χ4v) is 2.67. The van der Waals surface area contributed by atoms with Gasteiger partial charge in [0.15, 0.2) is 0 Å². The molecule has 2 amide bonds. The minimum Gasteiger partial charge on any atom is -0.375 e. The fraction of sp³-hybridized carbons (Fsp3) is 0.333. The first-order valence-corrected chi connectivity index (χ1v) is 9.07. The van der Waals surface area contributed by atoms with Gasteiger partial charge >= 0.3 is 0 Å². The van der Waals surface area contributed by atoms with Gasteiger partial charge in [0.05, 0.1) is 0 Å². The Morgan fingerprint density at radius 1 is 0.963 bits per heavy atom. The van der Waals surface area contributed by atoms with E-state index in [-0.39, 0.29) is 18.4 Å². The maximum Gasteiger partial charge on any atom is 0.255 e. The summed E-state index contributed by atoms with van der Waals surface area (Å²) in [7, 11) is 1.46. The molecule has 0 fully saturated rings. The lowest BCUT2D eigenvalue weighted by Crippen LogP contribution is -2.22. The number of anilines is 2. The monoisotopic (exact) mass is 369 g/mol. The Labute approximate surface area is 160 Å². The highest BCUT2D eigenvalue weighted by atomic mass is 16.5. The second kappa shape index (κ2) is 10.4. The van der Waals surface area contributed by atoms with Gasteiger partial charge in [-0.1, -0.05) is 32.0 Å². The molecule has 0 aliphatic rings. The number of amides is 2. The summed E-state index contributed by atoms with van der Waals surface area (Å²) in [4.78, 5) is 26.4. The summed E-state index contributed by atoms with van der Waals surface area (Å²) >= 11 is 0. The van der Waals surface area contributed by atoms with Crippen LogP contribution in [0.25, 0.3) is 0 Å². The standard InChI is InChI=1S/C21H27N3O3/c1-4-24(5-2)14-16-9-11-17(12-10-16)21(26)23-19-8-6-7-18(13-19)22-20(25)15-27-3/h6-13H,4-5,14-15H2,1-3H3,(H,22,25)(H,23,26). The number of rotatable bonds is 9. The van der Waals surface area contributed by atoms with Crippen LogP contribution in [0.4, 0.5) is 11.4 Å². The molecule has 0 saturated heterocycles. The van der Waals surface area contributed by atoms with E-state index in [1.54, 1.807) is 24.3 Å². The largest absolute Gasteiger partial charge is 0.375 e. The van der Waals surface area contributed by atoms with Crippen LogP contribution >= 0.6 is 0 Å². The van der Waals surface area contributed by atoms with Crippen molar-refractivity contribution >= 4 is 23.2 Å². The number of benzene rings is 2. The Hall–Kier alpha value is -2.70. The maximum absolute atomic E-state index is 12.5. The molecule has 0 unspecified atom stereocenters. The Bertz CT molecular complexity index is 756. The molecule has 0 bridgehead atoms. The Morgan fingerprint density at radius 3 is 2.19 bits per heavy atom. The first-order chi connectivity index (χ1) is 13.0. The molecule has 2 N–H and O–H groups in total. The highest BCUT2D eigenvalue weighted by Gasteiger charge is 2.08. The van der Waals surface area contributed by atoms with Gasteiger partial charge in [-0.2, -0.15) is 0 Å². The number of hydrogen-bond acceptors (Lipinski definition) is 4. The number of ether oxygens (including phenoxy) is 1. The van der Waals surface area contributed by atoms with Crippen molar-refractivity contribution in [2.45, 2.75) is 20.4 Å². The highest BCUT2D eigenvalue weighted by molar-refractivity contribution is 6.04. The van der Waals surface area contributed by atoms with Crippen molar-refractivity contribution in [2.75, 3.05) is 37.4 Å². The Kier molecular flexibility index (Phi) is 7.98. The number of hydrogen-bond donors (Lipinski definition) is 2. The molecule has 0 aliphatic heterocycles. The predicted octanol–water partition coefficient (Wildman–Crippen LogP) is 3.37. The molecule has 0 radical (unpaired) electrons. The van der Waals surface area contributed by atoms with Crippen LogP contribution in [0.1, 0.15) is 29.8 Å². The zero-order chi connectivity index (χ0) is 19.6. The topological polar surface area (TPSA) is 70.7 Å². The van der Waals surface area contributed by atoms with Crippen LogP contribution in [0.15, 0.2) is 48.5 Å². The zero-order valence-electron chi connectivity index (χ0n) is 16.1. The highest BCUT2D eigenvalue weighted by Crippen LogP contribution is 2.16. The fourth-order valence-electron chi connectivity index (χ4n) is 2.67. The van der Waals surface area contributed by atoms with Gasteiger partial charge in [-0.25, -0.2) is 0 Å². The molecular formula is C21H27N3O3. The van der Waals surface area contributed by atoms with Gasteiger partial charge in [-0.15, -0.1) is 0 Å². The first-order valence-electron chi connectivity index (χ1n) is 9.07. The van der Waals surface area contributed by atoms with Gasteiger partial charge in [0, 0.05) is 30.6 Å². The smallest absolute Gasteiger partial charge is 0.255 e. The molecule has 0 aliphatic carbocycles. The van der Waals surface area contributed by atoms with Crippen LogP contribution in [0.2, 0.25) is 0 Å². The van der Waals surface area contributed by atoms with Crippen LogP contribution in [0, 0.1) is 0 Å². The SMILES string of the molecule is CCN(CC)Cc1ccc(C(=O)Nc2cccc(NC(=O)COC)c2)cc1. The number of methoxy groups -OCH3 is 1. The third kappa shape index (κ3) is 6.51. The van der Waals surface area contributed by atoms with Gasteiger partial charge in [-0.3, -0.25) is 14.5 Å². The number of nitrogens with one attached hydrogen (secondary N) is 2. The molecule has 0 atom stereocenters. The average Bonchev–Trinajstić information content (AvgIpc) is 2.67. The van der Waals surface area contributed by atoms with Crippen LogP contribution in [-0.2, 0) is 16.1 Å². The zero-order valence-corrected chi connectivity index (χ0v) is 16.1. The molecule has 144 valence electrons. The lowest BCUT2D eigenvalue weighted by molar-refractivity contribution is -0.119. The Balaban J connectivity index is 1.99. The summed E-state index contributed by atoms with van der Waals surface area (Å²) in [6.45, 7) is 7.12. The van der Waals surface area contributed by atoms with E-state index in [2.05, 4.69) is 29.4 Å². The lowest BCUT2D eigenvalue weighted by Gasteiger charge is -2.18. The van der Waals surface area contributed by atoms with E-state index in [1.165, 1.54) is 12.7 Å². The molecule has 2 aromatic carbocycles. The van der Waals surface area contributed by atoms with Gasteiger partial charge in [0.1, 0.15) is 6.61 Å². The quantitative estimate of drug-likeness (QED) is 0.711. The minimum atomic E-state index is -0.246. The molecule has 2 rings (SSSR count). The second-order valence-electron chi connectivity index (χ2n) is 6.17. The third-order valence-corrected chi connectivity index (χ3v) is 4.20. The molecule has 0 spiro atoms. The predicted molar refractivity (Wildman–Crippen MR) is 108 cm³/mol. The molecule has 0 saturated carbocycles. The third-order valence-electron chi connectivity index (χ3n) is 4.20. The molecule has 2 aromatic rings. The number of carbonyl (C=O) groups is 2. The average molecular weight is 369 g/mol. The molecule has 0 heterocycles. The van der Waals surface area contributed by atoms with Crippen molar-refractivity contribution in [3.05, 3.63) is 59.7 Å². The summed E-state index contributed by atoms with van der Waals surface area (Å²) in [5.74, 6) is -0.436. The van der Waals surface area contributed by atoms with Crippen molar-refractivity contribution in [3.8, 4) is 0 Å². The first kappa shape index (κ1) is 20.6. The molecule has 0 aromatic heterocycles. The van der Waals surface area contributed by atoms with Crippen LogP contribution in [0.5, 0.6) is 0 Å². The summed E-state index contributed by atoms with van der Waals surface area (Å²) in [6.07, 6.45) is 0. The summed E-state index contributed by atoms with van der Waals surface area (Å²) in [5.41, 5.74) is 2.98. The van der Waals surface area contributed by atoms with Gasteiger partial charge in [0.25, 0.3) is 5.91 Å². The van der Waals surface area contributed by atoms with Crippen LogP contribution < -0.4 is 10.6 Å². The van der Waals surface area contributed by atoms with E-state index in [0.717, 1.165) is 19.6 Å². The molecular weight excluding hydrogens is 342 g/mol. The molecule has 6 heteroatoms. The van der Waals surface area contributed by atoms with Crippen LogP contribution in [0.3, 0.4) is 0 Å². The second-order valence-corrected chi connectivity index (χ2v) is 6.17. The van der Waals surface area contributed by atoms with Crippen molar-refractivity contribution in [1.29, 1.82) is 0 Å². The summed E-state index contributed by atoms with van der Waals surface area (Å²) in [6, 6.07) is 14.6. The van der Waals surface area contributed by atoms with E-state index < -0.39 is 0 Å². The van der Waals surface area contributed by atoms with Crippen molar-refractivity contribution in [3.63, 3.8) is 0 Å². The van der Waals surface area contributed by atoms with E-state index in [9.17, 15) is 9.59 Å². The Morgan fingerprint density at radius 2 is 1.59 bits per heavy atom. The molecule has 6 nitrogen and oxygen atoms in total. The van der Waals surface area contributed by atoms with Gasteiger partial charge in [0.2, 0.25) is 5.91 Å². The van der Waals surface area contributed by atoms with E-state index >= 15 is 0 Å². The van der Waals surface area contributed by atoms with Crippen molar-refractivity contribution in [1.82, 2.24) is 4.90 Å². The van der Waals surface area contributed by atoms with Gasteiger partial charge < -0.3 is 15.4 Å². The van der Waals surface area contributed by atoms with Crippen LogP contribution in [-0.4, -0.2) is 43.5 Å². The van der Waals surface area contributed by atoms with E-state index in [1.807, 2.05) is 24.3 Å². The summed E-state index contributed by atoms with van der Waals surface area (Å²) < 4.78 is 4.79. The number of carbonyl (C=O) groups excluding carboxylic acids is 2. The van der Waals surface area contributed by atoms with E-state index in [4.69, 9.17) is 4.74 Å².